The van der Waals surface area contributed by atoms with Crippen LogP contribution in [0.3, 0.4) is 0 Å². The normalized spacial score (nSPS) is 27.9. The summed E-state index contributed by atoms with van der Waals surface area (Å²) in [5.74, 6) is 2.78. The summed E-state index contributed by atoms with van der Waals surface area (Å²) in [7, 11) is 0. The molecular weight excluding hydrogens is 274 g/mol. The maximum atomic E-state index is 12.4. The molecule has 22 heavy (non-hydrogen) atoms. The Bertz CT molecular complexity index is 540. The number of benzene rings is 1. The van der Waals surface area contributed by atoms with Gasteiger partial charge in [-0.25, -0.2) is 0 Å². The molecule has 0 radical (unpaired) electrons. The van der Waals surface area contributed by atoms with Gasteiger partial charge in [0.1, 0.15) is 5.75 Å². The lowest BCUT2D eigenvalue weighted by molar-refractivity contribution is -0.128. The average molecular weight is 301 g/mol. The summed E-state index contributed by atoms with van der Waals surface area (Å²) < 4.78 is 5.95. The number of ether oxygens (including phenoxy) is 1. The number of carbonyl (C=O) groups is 1. The van der Waals surface area contributed by atoms with Crippen LogP contribution >= 0.6 is 0 Å². The minimum Gasteiger partial charge on any atom is -0.481 e. The minimum atomic E-state index is -0.445. The van der Waals surface area contributed by atoms with E-state index in [1.807, 2.05) is 25.1 Å². The summed E-state index contributed by atoms with van der Waals surface area (Å²) in [5, 5.41) is 3.22. The van der Waals surface area contributed by atoms with Crippen molar-refractivity contribution >= 4 is 5.91 Å². The lowest BCUT2D eigenvalue weighted by atomic mass is 9.95. The first-order valence-electron chi connectivity index (χ1n) is 8.60. The SMILES string of the molecule is CC(C)c1ccccc1O[C@@H](C)C(=O)N[C@@H]1C[C@H]2CC[C@H]1C2. The van der Waals surface area contributed by atoms with Crippen molar-refractivity contribution in [3.63, 3.8) is 0 Å². The van der Waals surface area contributed by atoms with Crippen LogP contribution in [0, 0.1) is 11.8 Å². The summed E-state index contributed by atoms with van der Waals surface area (Å²) in [6.45, 7) is 6.13. The highest BCUT2D eigenvalue weighted by molar-refractivity contribution is 5.81. The number of nitrogens with one attached hydrogen (secondary N) is 1. The second-order valence-corrected chi connectivity index (χ2v) is 7.24. The zero-order valence-corrected chi connectivity index (χ0v) is 13.8. The molecule has 0 aliphatic heterocycles. The largest absolute Gasteiger partial charge is 0.481 e. The molecule has 120 valence electrons. The molecule has 3 nitrogen and oxygen atoms in total. The Balaban J connectivity index is 1.60. The number of fused-ring (bicyclic) bond motifs is 2. The maximum absolute atomic E-state index is 12.4. The van der Waals surface area contributed by atoms with Gasteiger partial charge in [0.05, 0.1) is 0 Å². The molecule has 2 aliphatic rings. The minimum absolute atomic E-state index is 0.0242. The van der Waals surface area contributed by atoms with Crippen molar-refractivity contribution in [3.05, 3.63) is 29.8 Å². The Hall–Kier alpha value is -1.51. The van der Waals surface area contributed by atoms with E-state index in [1.165, 1.54) is 19.3 Å². The van der Waals surface area contributed by atoms with Gasteiger partial charge in [0.2, 0.25) is 0 Å². The first-order valence-corrected chi connectivity index (χ1v) is 8.60. The highest BCUT2D eigenvalue weighted by atomic mass is 16.5. The van der Waals surface area contributed by atoms with Crippen LogP contribution in [0.5, 0.6) is 5.75 Å². The summed E-state index contributed by atoms with van der Waals surface area (Å²) in [5.41, 5.74) is 1.15. The van der Waals surface area contributed by atoms with Crippen molar-refractivity contribution in [3.8, 4) is 5.75 Å². The van der Waals surface area contributed by atoms with Crippen molar-refractivity contribution < 1.29 is 9.53 Å². The summed E-state index contributed by atoms with van der Waals surface area (Å²) in [6, 6.07) is 8.37. The Labute approximate surface area is 133 Å². The van der Waals surface area contributed by atoms with E-state index >= 15 is 0 Å². The van der Waals surface area contributed by atoms with Crippen LogP contribution in [0.4, 0.5) is 0 Å². The lowest BCUT2D eigenvalue weighted by Gasteiger charge is -2.25. The van der Waals surface area contributed by atoms with E-state index in [1.54, 1.807) is 0 Å². The van der Waals surface area contributed by atoms with Crippen molar-refractivity contribution in [2.24, 2.45) is 11.8 Å². The topological polar surface area (TPSA) is 38.3 Å². The van der Waals surface area contributed by atoms with Gasteiger partial charge in [0.25, 0.3) is 5.91 Å². The average Bonchev–Trinajstić information content (AvgIpc) is 3.10. The van der Waals surface area contributed by atoms with Gasteiger partial charge in [0, 0.05) is 6.04 Å². The fourth-order valence-electron chi connectivity index (χ4n) is 4.03. The predicted molar refractivity (Wildman–Crippen MR) is 88.0 cm³/mol. The molecule has 0 spiro atoms. The first-order chi connectivity index (χ1) is 10.5. The number of rotatable bonds is 5. The molecule has 0 saturated heterocycles. The molecule has 0 unspecified atom stereocenters. The summed E-state index contributed by atoms with van der Waals surface area (Å²) in [6.07, 6.45) is 4.65. The maximum Gasteiger partial charge on any atom is 0.261 e. The smallest absolute Gasteiger partial charge is 0.261 e. The predicted octanol–water partition coefficient (Wildman–Crippen LogP) is 3.88. The van der Waals surface area contributed by atoms with Gasteiger partial charge in [-0.1, -0.05) is 38.5 Å². The van der Waals surface area contributed by atoms with Crippen LogP contribution in [0.1, 0.15) is 57.9 Å². The Morgan fingerprint density at radius 2 is 1.95 bits per heavy atom. The molecule has 1 aromatic carbocycles. The van der Waals surface area contributed by atoms with E-state index in [4.69, 9.17) is 4.74 Å². The highest BCUT2D eigenvalue weighted by Crippen LogP contribution is 2.44. The first kappa shape index (κ1) is 15.4. The third kappa shape index (κ3) is 3.13. The quantitative estimate of drug-likeness (QED) is 0.896. The highest BCUT2D eigenvalue weighted by Gasteiger charge is 2.40. The zero-order valence-electron chi connectivity index (χ0n) is 13.8. The lowest BCUT2D eigenvalue weighted by Crippen LogP contribution is -2.44. The Kier molecular flexibility index (Phi) is 4.42. The van der Waals surface area contributed by atoms with Crippen molar-refractivity contribution in [2.75, 3.05) is 0 Å². The van der Waals surface area contributed by atoms with Gasteiger partial charge in [-0.05, 0) is 55.6 Å². The van der Waals surface area contributed by atoms with E-state index in [-0.39, 0.29) is 5.91 Å². The van der Waals surface area contributed by atoms with Crippen LogP contribution < -0.4 is 10.1 Å². The summed E-state index contributed by atoms with van der Waals surface area (Å²) >= 11 is 0. The zero-order chi connectivity index (χ0) is 15.7. The van der Waals surface area contributed by atoms with Crippen LogP contribution in [-0.4, -0.2) is 18.1 Å². The number of hydrogen-bond donors (Lipinski definition) is 1. The number of amides is 1. The fourth-order valence-corrected chi connectivity index (χ4v) is 4.03. The molecular formula is C19H27NO2. The standard InChI is InChI=1S/C19H27NO2/c1-12(2)16-6-4-5-7-18(16)22-13(3)19(21)20-17-11-14-8-9-15(17)10-14/h4-7,12-15,17H,8-11H2,1-3H3,(H,20,21)/t13-,14-,15-,17+/m0/s1. The second kappa shape index (κ2) is 6.31. The molecule has 0 heterocycles. The van der Waals surface area contributed by atoms with Crippen LogP contribution in [0.2, 0.25) is 0 Å². The van der Waals surface area contributed by atoms with E-state index in [0.717, 1.165) is 23.7 Å². The number of hydrogen-bond acceptors (Lipinski definition) is 2. The Morgan fingerprint density at radius 3 is 2.59 bits per heavy atom. The molecule has 4 atom stereocenters. The fraction of sp³-hybridized carbons (Fsp3) is 0.632. The number of para-hydroxylation sites is 1. The van der Waals surface area contributed by atoms with Crippen molar-refractivity contribution in [1.29, 1.82) is 0 Å². The molecule has 3 heteroatoms. The molecule has 2 saturated carbocycles. The second-order valence-electron chi connectivity index (χ2n) is 7.24. The van der Waals surface area contributed by atoms with Gasteiger partial charge in [-0.2, -0.15) is 0 Å². The molecule has 2 fully saturated rings. The number of carbonyl (C=O) groups excluding carboxylic acids is 1. The van der Waals surface area contributed by atoms with Gasteiger partial charge in [-0.3, -0.25) is 4.79 Å². The molecule has 0 aromatic heterocycles. The third-order valence-electron chi connectivity index (χ3n) is 5.28. The summed E-state index contributed by atoms with van der Waals surface area (Å²) in [4.78, 5) is 12.4. The van der Waals surface area contributed by atoms with Gasteiger partial charge in [-0.15, -0.1) is 0 Å². The van der Waals surface area contributed by atoms with Crippen molar-refractivity contribution in [2.45, 2.75) is 64.5 Å². The van der Waals surface area contributed by atoms with E-state index in [0.29, 0.717) is 17.9 Å². The monoisotopic (exact) mass is 301 g/mol. The third-order valence-corrected chi connectivity index (χ3v) is 5.28. The van der Waals surface area contributed by atoms with Gasteiger partial charge in [0.15, 0.2) is 6.10 Å². The van der Waals surface area contributed by atoms with Gasteiger partial charge < -0.3 is 10.1 Å². The van der Waals surface area contributed by atoms with Crippen LogP contribution in [-0.2, 0) is 4.79 Å². The van der Waals surface area contributed by atoms with Gasteiger partial charge >= 0.3 is 0 Å². The Morgan fingerprint density at radius 1 is 1.18 bits per heavy atom. The van der Waals surface area contributed by atoms with Crippen molar-refractivity contribution in [1.82, 2.24) is 5.32 Å². The van der Waals surface area contributed by atoms with E-state index in [2.05, 4.69) is 25.2 Å². The molecule has 1 amide bonds. The molecule has 2 aliphatic carbocycles. The van der Waals surface area contributed by atoms with E-state index in [9.17, 15) is 4.79 Å². The van der Waals surface area contributed by atoms with Crippen LogP contribution in [0.25, 0.3) is 0 Å². The molecule has 2 bridgehead atoms. The molecule has 1 N–H and O–H groups in total. The molecule has 1 aromatic rings. The van der Waals surface area contributed by atoms with Crippen LogP contribution in [0.15, 0.2) is 24.3 Å². The van der Waals surface area contributed by atoms with E-state index < -0.39 is 6.10 Å². The molecule has 3 rings (SSSR count).